The lowest BCUT2D eigenvalue weighted by Gasteiger charge is -2.16. The molecule has 2 atom stereocenters. The van der Waals surface area contributed by atoms with Crippen molar-refractivity contribution in [3.8, 4) is 0 Å². The number of hydrogen-bond donors (Lipinski definition) is 2. The Hall–Kier alpha value is -1.72. The zero-order chi connectivity index (χ0) is 16.7. The Morgan fingerprint density at radius 3 is 2.65 bits per heavy atom. The fraction of sp³-hybridized carbons (Fsp3) is 0.389. The van der Waals surface area contributed by atoms with Crippen LogP contribution in [0.5, 0.6) is 0 Å². The summed E-state index contributed by atoms with van der Waals surface area (Å²) in [6.45, 7) is 4.00. The Kier molecular flexibility index (Phi) is 6.74. The van der Waals surface area contributed by atoms with Gasteiger partial charge in [0, 0.05) is 23.8 Å². The highest BCUT2D eigenvalue weighted by molar-refractivity contribution is 7.98. The largest absolute Gasteiger partial charge is 0.467 e. The molecule has 2 N–H and O–H groups in total. The summed E-state index contributed by atoms with van der Waals surface area (Å²) in [5, 5.41) is 12.9. The van der Waals surface area contributed by atoms with Crippen molar-refractivity contribution < 1.29 is 14.3 Å². The molecule has 0 spiro atoms. The predicted molar refractivity (Wildman–Crippen MR) is 93.5 cm³/mol. The van der Waals surface area contributed by atoms with Crippen LogP contribution in [0.25, 0.3) is 0 Å². The first-order valence-corrected chi connectivity index (χ1v) is 8.94. The van der Waals surface area contributed by atoms with Gasteiger partial charge in [-0.15, -0.1) is 0 Å². The minimum Gasteiger partial charge on any atom is -0.467 e. The third-order valence-electron chi connectivity index (χ3n) is 3.51. The monoisotopic (exact) mass is 333 g/mol. The lowest BCUT2D eigenvalue weighted by molar-refractivity contribution is 0.0903. The van der Waals surface area contributed by atoms with Crippen molar-refractivity contribution in [3.63, 3.8) is 0 Å². The summed E-state index contributed by atoms with van der Waals surface area (Å²) in [6, 6.07) is 11.0. The molecule has 0 aliphatic heterocycles. The van der Waals surface area contributed by atoms with Crippen molar-refractivity contribution in [2.75, 3.05) is 5.75 Å². The standard InChI is InChI=1S/C18H23NO3S/c1-3-23-12-14-6-8-15(9-7-14)18(21)19-13(2)11-16(20)17-5-4-10-22-17/h4-10,13,16,20H,3,11-12H2,1-2H3,(H,19,21). The number of hydrogen-bond acceptors (Lipinski definition) is 4. The van der Waals surface area contributed by atoms with E-state index in [1.54, 1.807) is 12.1 Å². The number of carbonyl (C=O) groups is 1. The highest BCUT2D eigenvalue weighted by Gasteiger charge is 2.17. The molecule has 0 saturated heterocycles. The number of nitrogens with one attached hydrogen (secondary N) is 1. The minimum absolute atomic E-state index is 0.126. The third-order valence-corrected chi connectivity index (χ3v) is 4.46. The van der Waals surface area contributed by atoms with Gasteiger partial charge >= 0.3 is 0 Å². The van der Waals surface area contributed by atoms with Crippen molar-refractivity contribution in [1.82, 2.24) is 5.32 Å². The summed E-state index contributed by atoms with van der Waals surface area (Å²) in [5.74, 6) is 2.43. The van der Waals surface area contributed by atoms with E-state index in [4.69, 9.17) is 4.42 Å². The lowest BCUT2D eigenvalue weighted by atomic mass is 10.1. The number of aliphatic hydroxyl groups is 1. The van der Waals surface area contributed by atoms with E-state index in [1.807, 2.05) is 43.0 Å². The Balaban J connectivity index is 1.85. The van der Waals surface area contributed by atoms with Crippen LogP contribution in [0.3, 0.4) is 0 Å². The highest BCUT2D eigenvalue weighted by atomic mass is 32.2. The molecule has 23 heavy (non-hydrogen) atoms. The van der Waals surface area contributed by atoms with Crippen LogP contribution in [0.4, 0.5) is 0 Å². The molecular weight excluding hydrogens is 310 g/mol. The molecule has 1 aromatic carbocycles. The molecule has 1 aromatic heterocycles. The van der Waals surface area contributed by atoms with Gasteiger partial charge < -0.3 is 14.8 Å². The predicted octanol–water partition coefficient (Wildman–Crippen LogP) is 3.77. The maximum absolute atomic E-state index is 12.2. The van der Waals surface area contributed by atoms with Gasteiger partial charge in [0.05, 0.1) is 6.26 Å². The summed E-state index contributed by atoms with van der Waals surface area (Å²) < 4.78 is 5.17. The average Bonchev–Trinajstić information content (AvgIpc) is 3.07. The second-order valence-corrected chi connectivity index (χ2v) is 6.75. The quantitative estimate of drug-likeness (QED) is 0.772. The smallest absolute Gasteiger partial charge is 0.251 e. The van der Waals surface area contributed by atoms with Crippen LogP contribution in [0.15, 0.2) is 47.1 Å². The van der Waals surface area contributed by atoms with Gasteiger partial charge in [0.15, 0.2) is 0 Å². The average molecular weight is 333 g/mol. The van der Waals surface area contributed by atoms with Crippen molar-refractivity contribution in [1.29, 1.82) is 0 Å². The summed E-state index contributed by atoms with van der Waals surface area (Å²) in [5.41, 5.74) is 1.85. The summed E-state index contributed by atoms with van der Waals surface area (Å²) >= 11 is 1.85. The topological polar surface area (TPSA) is 62.5 Å². The molecule has 1 heterocycles. The van der Waals surface area contributed by atoms with Gasteiger partial charge in [0.2, 0.25) is 0 Å². The van der Waals surface area contributed by atoms with Crippen molar-refractivity contribution >= 4 is 17.7 Å². The first-order valence-electron chi connectivity index (χ1n) is 7.79. The summed E-state index contributed by atoms with van der Waals surface area (Å²) in [6.07, 6.45) is 1.22. The molecule has 0 radical (unpaired) electrons. The molecule has 124 valence electrons. The summed E-state index contributed by atoms with van der Waals surface area (Å²) in [4.78, 5) is 12.2. The first-order chi connectivity index (χ1) is 11.1. The molecule has 1 amide bonds. The van der Waals surface area contributed by atoms with Gasteiger partial charge in [-0.3, -0.25) is 4.79 Å². The van der Waals surface area contributed by atoms with E-state index in [0.29, 0.717) is 17.7 Å². The molecule has 0 aliphatic carbocycles. The first kappa shape index (κ1) is 17.6. The Bertz CT molecular complexity index is 595. The highest BCUT2D eigenvalue weighted by Crippen LogP contribution is 2.19. The Morgan fingerprint density at radius 1 is 1.30 bits per heavy atom. The number of amides is 1. The van der Waals surface area contributed by atoms with Gasteiger partial charge in [-0.2, -0.15) is 11.8 Å². The minimum atomic E-state index is -0.714. The van der Waals surface area contributed by atoms with Crippen LogP contribution in [0.1, 0.15) is 48.1 Å². The molecule has 5 heteroatoms. The number of rotatable bonds is 8. The molecule has 2 unspecified atom stereocenters. The Labute approximate surface area is 141 Å². The molecule has 0 saturated carbocycles. The number of carbonyl (C=O) groups excluding carboxylic acids is 1. The van der Waals surface area contributed by atoms with Gasteiger partial charge in [0.1, 0.15) is 11.9 Å². The second kappa shape index (κ2) is 8.79. The fourth-order valence-electron chi connectivity index (χ4n) is 2.27. The maximum atomic E-state index is 12.2. The van der Waals surface area contributed by atoms with Crippen LogP contribution >= 0.6 is 11.8 Å². The van der Waals surface area contributed by atoms with Gasteiger partial charge in [-0.25, -0.2) is 0 Å². The van der Waals surface area contributed by atoms with Gasteiger partial charge in [-0.05, 0) is 42.5 Å². The normalized spacial score (nSPS) is 13.5. The van der Waals surface area contributed by atoms with E-state index in [0.717, 1.165) is 11.5 Å². The van der Waals surface area contributed by atoms with E-state index in [1.165, 1.54) is 11.8 Å². The molecule has 0 aliphatic rings. The zero-order valence-corrected chi connectivity index (χ0v) is 14.3. The van der Waals surface area contributed by atoms with Crippen LogP contribution in [0, 0.1) is 0 Å². The van der Waals surface area contributed by atoms with Crippen LogP contribution < -0.4 is 5.32 Å². The van der Waals surface area contributed by atoms with E-state index in [9.17, 15) is 9.90 Å². The van der Waals surface area contributed by atoms with E-state index >= 15 is 0 Å². The van der Waals surface area contributed by atoms with Gasteiger partial charge in [0.25, 0.3) is 5.91 Å². The molecule has 0 bridgehead atoms. The molecule has 4 nitrogen and oxygen atoms in total. The van der Waals surface area contributed by atoms with Crippen LogP contribution in [-0.2, 0) is 5.75 Å². The van der Waals surface area contributed by atoms with E-state index in [-0.39, 0.29) is 11.9 Å². The van der Waals surface area contributed by atoms with Crippen molar-refractivity contribution in [3.05, 3.63) is 59.5 Å². The van der Waals surface area contributed by atoms with E-state index < -0.39 is 6.10 Å². The molecule has 2 rings (SSSR count). The Morgan fingerprint density at radius 2 is 2.04 bits per heavy atom. The summed E-state index contributed by atoms with van der Waals surface area (Å²) in [7, 11) is 0. The fourth-order valence-corrected chi connectivity index (χ4v) is 2.90. The molecule has 2 aromatic rings. The van der Waals surface area contributed by atoms with Gasteiger partial charge in [-0.1, -0.05) is 19.1 Å². The van der Waals surface area contributed by atoms with Crippen LogP contribution in [-0.4, -0.2) is 22.8 Å². The van der Waals surface area contributed by atoms with Crippen LogP contribution in [0.2, 0.25) is 0 Å². The third kappa shape index (κ3) is 5.44. The lowest BCUT2D eigenvalue weighted by Crippen LogP contribution is -2.33. The van der Waals surface area contributed by atoms with E-state index in [2.05, 4.69) is 12.2 Å². The second-order valence-electron chi connectivity index (χ2n) is 5.48. The maximum Gasteiger partial charge on any atom is 0.251 e. The molecular formula is C18H23NO3S. The zero-order valence-electron chi connectivity index (χ0n) is 13.5. The molecule has 0 fully saturated rings. The van der Waals surface area contributed by atoms with Crippen molar-refractivity contribution in [2.45, 2.75) is 38.2 Å². The number of aliphatic hydroxyl groups excluding tert-OH is 1. The van der Waals surface area contributed by atoms with Crippen molar-refractivity contribution in [2.24, 2.45) is 0 Å². The number of benzene rings is 1. The number of thioether (sulfide) groups is 1. The SMILES string of the molecule is CCSCc1ccc(C(=O)NC(C)CC(O)c2ccco2)cc1. The number of furan rings is 1.